The first-order valence-electron chi connectivity index (χ1n) is 6.10. The molecule has 0 unspecified atom stereocenters. The fourth-order valence-corrected chi connectivity index (χ4v) is 1.66. The largest absolute Gasteiger partial charge is 0.508 e. The van der Waals surface area contributed by atoms with Gasteiger partial charge in [0, 0.05) is 11.3 Å². The van der Waals surface area contributed by atoms with E-state index in [2.05, 4.69) is 5.32 Å². The van der Waals surface area contributed by atoms with E-state index in [0.29, 0.717) is 11.3 Å². The normalized spacial score (nSPS) is 10.7. The Morgan fingerprint density at radius 1 is 1.10 bits per heavy atom. The van der Waals surface area contributed by atoms with E-state index in [-0.39, 0.29) is 17.1 Å². The van der Waals surface area contributed by atoms with Crippen LogP contribution in [0, 0.1) is 11.3 Å². The van der Waals surface area contributed by atoms with Crippen LogP contribution in [0.25, 0.3) is 6.08 Å². The van der Waals surface area contributed by atoms with Gasteiger partial charge in [0.15, 0.2) is 0 Å². The third-order valence-corrected chi connectivity index (χ3v) is 2.73. The van der Waals surface area contributed by atoms with E-state index in [0.717, 1.165) is 0 Å². The number of carbonyl (C=O) groups is 1. The number of nitrogens with one attached hydrogen (secondary N) is 1. The molecule has 2 aromatic carbocycles. The molecule has 3 N–H and O–H groups in total. The molecule has 0 atom stereocenters. The van der Waals surface area contributed by atoms with E-state index in [9.17, 15) is 9.90 Å². The zero-order chi connectivity index (χ0) is 15.2. The lowest BCUT2D eigenvalue weighted by Gasteiger charge is -2.05. The van der Waals surface area contributed by atoms with Crippen molar-refractivity contribution in [2.75, 3.05) is 5.32 Å². The molecule has 0 spiro atoms. The van der Waals surface area contributed by atoms with Crippen LogP contribution < -0.4 is 5.32 Å². The molecule has 0 aliphatic rings. The summed E-state index contributed by atoms with van der Waals surface area (Å²) < 4.78 is 0. The number of benzene rings is 2. The van der Waals surface area contributed by atoms with Gasteiger partial charge >= 0.3 is 0 Å². The molecule has 104 valence electrons. The van der Waals surface area contributed by atoms with Gasteiger partial charge in [-0.3, -0.25) is 4.79 Å². The van der Waals surface area contributed by atoms with Crippen molar-refractivity contribution in [3.8, 4) is 17.6 Å². The van der Waals surface area contributed by atoms with E-state index in [1.807, 2.05) is 0 Å². The summed E-state index contributed by atoms with van der Waals surface area (Å²) in [5.41, 5.74) is 0.704. The Morgan fingerprint density at radius 3 is 2.38 bits per heavy atom. The highest BCUT2D eigenvalue weighted by molar-refractivity contribution is 6.09. The summed E-state index contributed by atoms with van der Waals surface area (Å²) in [4.78, 5) is 12.0. The summed E-state index contributed by atoms with van der Waals surface area (Å²) in [5.74, 6) is -0.521. The lowest BCUT2D eigenvalue weighted by Crippen LogP contribution is -2.13. The maximum Gasteiger partial charge on any atom is 0.266 e. The number of amides is 1. The minimum absolute atomic E-state index is 0.0114. The molecule has 0 saturated carbocycles. The SMILES string of the molecule is N#C/C(=C/c1ccccc1O)C(=O)Nc1ccc(O)cc1. The summed E-state index contributed by atoms with van der Waals surface area (Å²) in [5, 5.41) is 30.4. The minimum Gasteiger partial charge on any atom is -0.508 e. The number of phenols is 2. The Bertz CT molecular complexity index is 728. The molecule has 0 bridgehead atoms. The quantitative estimate of drug-likeness (QED) is 0.457. The zero-order valence-corrected chi connectivity index (χ0v) is 10.9. The molecule has 0 saturated heterocycles. The molecule has 2 rings (SSSR count). The molecule has 0 aliphatic carbocycles. The summed E-state index contributed by atoms with van der Waals surface area (Å²) in [6.45, 7) is 0. The van der Waals surface area contributed by atoms with Crippen molar-refractivity contribution in [2.45, 2.75) is 0 Å². The zero-order valence-electron chi connectivity index (χ0n) is 10.9. The van der Waals surface area contributed by atoms with Crippen molar-refractivity contribution in [1.29, 1.82) is 5.26 Å². The van der Waals surface area contributed by atoms with Crippen molar-refractivity contribution < 1.29 is 15.0 Å². The Balaban J connectivity index is 2.22. The number of carbonyl (C=O) groups excluding carboxylic acids is 1. The molecule has 0 heterocycles. The monoisotopic (exact) mass is 280 g/mol. The number of anilines is 1. The average Bonchev–Trinajstić information content (AvgIpc) is 2.48. The van der Waals surface area contributed by atoms with Gasteiger partial charge in [-0.05, 0) is 36.4 Å². The Kier molecular flexibility index (Phi) is 4.22. The van der Waals surface area contributed by atoms with Gasteiger partial charge in [0.2, 0.25) is 0 Å². The van der Waals surface area contributed by atoms with Crippen molar-refractivity contribution in [3.05, 3.63) is 59.7 Å². The van der Waals surface area contributed by atoms with Gasteiger partial charge in [0.05, 0.1) is 0 Å². The number of rotatable bonds is 3. The average molecular weight is 280 g/mol. The molecule has 0 aliphatic heterocycles. The number of hydrogen-bond donors (Lipinski definition) is 3. The third-order valence-electron chi connectivity index (χ3n) is 2.73. The summed E-state index contributed by atoms with van der Waals surface area (Å²) >= 11 is 0. The number of nitriles is 1. The first-order chi connectivity index (χ1) is 10.1. The van der Waals surface area contributed by atoms with E-state index >= 15 is 0 Å². The van der Waals surface area contributed by atoms with Crippen LogP contribution >= 0.6 is 0 Å². The fourth-order valence-electron chi connectivity index (χ4n) is 1.66. The molecule has 0 aromatic heterocycles. The standard InChI is InChI=1S/C16H12N2O3/c17-10-12(9-11-3-1-2-4-15(11)20)16(21)18-13-5-7-14(19)8-6-13/h1-9,19-20H,(H,18,21)/b12-9-. The van der Waals surface area contributed by atoms with E-state index in [4.69, 9.17) is 10.4 Å². The predicted octanol–water partition coefficient (Wildman–Crippen LogP) is 2.64. The number of nitrogens with zero attached hydrogens (tertiary/aromatic N) is 1. The number of para-hydroxylation sites is 1. The summed E-state index contributed by atoms with van der Waals surface area (Å²) in [7, 11) is 0. The van der Waals surface area contributed by atoms with Crippen LogP contribution in [0.3, 0.4) is 0 Å². The highest BCUT2D eigenvalue weighted by Gasteiger charge is 2.10. The van der Waals surface area contributed by atoms with Gasteiger partial charge in [0.25, 0.3) is 5.91 Å². The van der Waals surface area contributed by atoms with E-state index in [1.54, 1.807) is 24.3 Å². The van der Waals surface area contributed by atoms with Gasteiger partial charge in [-0.1, -0.05) is 18.2 Å². The van der Waals surface area contributed by atoms with Gasteiger partial charge < -0.3 is 15.5 Å². The maximum atomic E-state index is 12.0. The second-order valence-electron chi connectivity index (χ2n) is 4.23. The van der Waals surface area contributed by atoms with E-state index in [1.165, 1.54) is 36.4 Å². The Labute approximate surface area is 121 Å². The van der Waals surface area contributed by atoms with Gasteiger partial charge in [-0.25, -0.2) is 0 Å². The number of hydrogen-bond acceptors (Lipinski definition) is 4. The summed E-state index contributed by atoms with van der Waals surface area (Å²) in [6, 6.07) is 14.1. The maximum absolute atomic E-state index is 12.0. The molecule has 2 aromatic rings. The van der Waals surface area contributed by atoms with Gasteiger partial charge in [0.1, 0.15) is 23.1 Å². The van der Waals surface area contributed by atoms with Crippen LogP contribution in [-0.2, 0) is 4.79 Å². The van der Waals surface area contributed by atoms with Crippen LogP contribution in [0.2, 0.25) is 0 Å². The summed E-state index contributed by atoms with van der Waals surface area (Å²) in [6.07, 6.45) is 1.31. The second kappa shape index (κ2) is 6.26. The molecule has 0 fully saturated rings. The lowest BCUT2D eigenvalue weighted by atomic mass is 10.1. The highest BCUT2D eigenvalue weighted by atomic mass is 16.3. The Morgan fingerprint density at radius 2 is 1.76 bits per heavy atom. The van der Waals surface area contributed by atoms with Crippen LogP contribution in [0.1, 0.15) is 5.56 Å². The smallest absolute Gasteiger partial charge is 0.266 e. The highest BCUT2D eigenvalue weighted by Crippen LogP contribution is 2.20. The molecule has 21 heavy (non-hydrogen) atoms. The first-order valence-corrected chi connectivity index (χ1v) is 6.10. The van der Waals surface area contributed by atoms with Crippen LogP contribution in [-0.4, -0.2) is 16.1 Å². The van der Waals surface area contributed by atoms with Gasteiger partial charge in [-0.15, -0.1) is 0 Å². The number of aromatic hydroxyl groups is 2. The Hall–Kier alpha value is -3.26. The topological polar surface area (TPSA) is 93.3 Å². The van der Waals surface area contributed by atoms with Crippen molar-refractivity contribution >= 4 is 17.7 Å². The fraction of sp³-hybridized carbons (Fsp3) is 0. The van der Waals surface area contributed by atoms with Crippen molar-refractivity contribution in [2.24, 2.45) is 0 Å². The molecule has 1 amide bonds. The van der Waals surface area contributed by atoms with Crippen LogP contribution in [0.4, 0.5) is 5.69 Å². The molecule has 5 nitrogen and oxygen atoms in total. The minimum atomic E-state index is -0.591. The van der Waals surface area contributed by atoms with E-state index < -0.39 is 5.91 Å². The lowest BCUT2D eigenvalue weighted by molar-refractivity contribution is -0.112. The van der Waals surface area contributed by atoms with Crippen LogP contribution in [0.5, 0.6) is 11.5 Å². The predicted molar refractivity (Wildman–Crippen MR) is 78.4 cm³/mol. The van der Waals surface area contributed by atoms with Crippen molar-refractivity contribution in [3.63, 3.8) is 0 Å². The second-order valence-corrected chi connectivity index (χ2v) is 4.23. The van der Waals surface area contributed by atoms with Crippen LogP contribution in [0.15, 0.2) is 54.1 Å². The molecule has 0 radical (unpaired) electrons. The van der Waals surface area contributed by atoms with Gasteiger partial charge in [-0.2, -0.15) is 5.26 Å². The first kappa shape index (κ1) is 14.2. The molecular weight excluding hydrogens is 268 g/mol. The third kappa shape index (κ3) is 3.61. The molecular formula is C16H12N2O3. The van der Waals surface area contributed by atoms with Crippen molar-refractivity contribution in [1.82, 2.24) is 0 Å². The molecule has 5 heteroatoms. The number of phenolic OH excluding ortho intramolecular Hbond substituents is 2.